The zero-order valence-corrected chi connectivity index (χ0v) is 12.9. The highest BCUT2D eigenvalue weighted by Gasteiger charge is 2.16. The molecule has 1 aromatic carbocycles. The molecule has 3 aromatic heterocycles. The molecule has 0 fully saturated rings. The van der Waals surface area contributed by atoms with Crippen LogP contribution < -0.4 is 0 Å². The zero-order valence-electron chi connectivity index (χ0n) is 12.9. The van der Waals surface area contributed by atoms with E-state index in [-0.39, 0.29) is 5.82 Å². The third-order valence-electron chi connectivity index (χ3n) is 4.08. The van der Waals surface area contributed by atoms with E-state index < -0.39 is 0 Å². The molecule has 0 N–H and O–H groups in total. The Morgan fingerprint density at radius 2 is 1.87 bits per heavy atom. The standard InChI is InChI=1S/C19H15FN2O/c1-11(2)12-6-8-21-16(10-12)13-4-3-5-14-17-15(20)7-9-22-19(17)23-18(13)14/h3-11H,1-2H3. The highest BCUT2D eigenvalue weighted by Crippen LogP contribution is 2.35. The summed E-state index contributed by atoms with van der Waals surface area (Å²) in [6.45, 7) is 4.28. The highest BCUT2D eigenvalue weighted by molar-refractivity contribution is 6.08. The van der Waals surface area contributed by atoms with Crippen LogP contribution in [0.4, 0.5) is 4.39 Å². The van der Waals surface area contributed by atoms with Gasteiger partial charge >= 0.3 is 0 Å². The second-order valence-electron chi connectivity index (χ2n) is 5.89. The quantitative estimate of drug-likeness (QED) is 0.504. The van der Waals surface area contributed by atoms with Crippen LogP contribution in [-0.2, 0) is 0 Å². The molecule has 0 spiro atoms. The van der Waals surface area contributed by atoms with Crippen molar-refractivity contribution in [3.8, 4) is 11.3 Å². The van der Waals surface area contributed by atoms with Crippen molar-refractivity contribution in [3.63, 3.8) is 0 Å². The van der Waals surface area contributed by atoms with Crippen molar-refractivity contribution in [2.24, 2.45) is 0 Å². The maximum Gasteiger partial charge on any atom is 0.230 e. The maximum atomic E-state index is 14.1. The summed E-state index contributed by atoms with van der Waals surface area (Å²) in [6.07, 6.45) is 3.21. The van der Waals surface area contributed by atoms with Crippen molar-refractivity contribution in [2.75, 3.05) is 0 Å². The van der Waals surface area contributed by atoms with Gasteiger partial charge in [-0.25, -0.2) is 9.37 Å². The molecule has 3 nitrogen and oxygen atoms in total. The Hall–Kier alpha value is -2.75. The van der Waals surface area contributed by atoms with E-state index >= 15 is 0 Å². The number of nitrogens with zero attached hydrogens (tertiary/aromatic N) is 2. The lowest BCUT2D eigenvalue weighted by Gasteiger charge is -2.07. The first-order chi connectivity index (χ1) is 11.1. The van der Waals surface area contributed by atoms with E-state index in [4.69, 9.17) is 4.42 Å². The zero-order chi connectivity index (χ0) is 16.0. The number of furan rings is 1. The Kier molecular flexibility index (Phi) is 3.11. The summed E-state index contributed by atoms with van der Waals surface area (Å²) in [7, 11) is 0. The summed E-state index contributed by atoms with van der Waals surface area (Å²) >= 11 is 0. The Balaban J connectivity index is 2.03. The van der Waals surface area contributed by atoms with Gasteiger partial charge in [-0.15, -0.1) is 0 Å². The van der Waals surface area contributed by atoms with Gasteiger partial charge in [0.25, 0.3) is 0 Å². The Morgan fingerprint density at radius 3 is 2.70 bits per heavy atom. The molecule has 4 heteroatoms. The monoisotopic (exact) mass is 306 g/mol. The number of pyridine rings is 2. The second kappa shape index (κ2) is 5.16. The summed E-state index contributed by atoms with van der Waals surface area (Å²) in [6, 6.07) is 11.1. The predicted octanol–water partition coefficient (Wildman–Crippen LogP) is 5.31. The van der Waals surface area contributed by atoms with Gasteiger partial charge in [-0.1, -0.05) is 26.0 Å². The fourth-order valence-corrected chi connectivity index (χ4v) is 2.84. The van der Waals surface area contributed by atoms with Crippen molar-refractivity contribution in [1.29, 1.82) is 0 Å². The van der Waals surface area contributed by atoms with Crippen molar-refractivity contribution in [2.45, 2.75) is 19.8 Å². The van der Waals surface area contributed by atoms with Crippen molar-refractivity contribution in [1.82, 2.24) is 9.97 Å². The minimum Gasteiger partial charge on any atom is -0.437 e. The first-order valence-corrected chi connectivity index (χ1v) is 7.57. The minimum absolute atomic E-state index is 0.312. The minimum atomic E-state index is -0.324. The van der Waals surface area contributed by atoms with Gasteiger partial charge in [0.2, 0.25) is 5.71 Å². The van der Waals surface area contributed by atoms with Gasteiger partial charge < -0.3 is 4.42 Å². The van der Waals surface area contributed by atoms with Crippen LogP contribution in [0.5, 0.6) is 0 Å². The average molecular weight is 306 g/mol. The molecule has 0 aliphatic carbocycles. The van der Waals surface area contributed by atoms with Gasteiger partial charge in [-0.2, -0.15) is 0 Å². The van der Waals surface area contributed by atoms with Crippen LogP contribution in [0.25, 0.3) is 33.3 Å². The summed E-state index contributed by atoms with van der Waals surface area (Å²) in [5.74, 6) is 0.0838. The van der Waals surface area contributed by atoms with Gasteiger partial charge in [0.1, 0.15) is 11.4 Å². The van der Waals surface area contributed by atoms with Gasteiger partial charge in [0, 0.05) is 23.3 Å². The van der Waals surface area contributed by atoms with Crippen LogP contribution in [0.15, 0.2) is 53.2 Å². The molecule has 0 aliphatic rings. The lowest BCUT2D eigenvalue weighted by Crippen LogP contribution is -1.90. The fourth-order valence-electron chi connectivity index (χ4n) is 2.84. The molecule has 0 atom stereocenters. The number of halogens is 1. The number of benzene rings is 1. The van der Waals surface area contributed by atoms with E-state index in [1.807, 2.05) is 24.3 Å². The molecule has 0 saturated heterocycles. The Bertz CT molecular complexity index is 1020. The van der Waals surface area contributed by atoms with Crippen LogP contribution in [0.3, 0.4) is 0 Å². The molecule has 0 radical (unpaired) electrons. The van der Waals surface area contributed by atoms with E-state index in [1.165, 1.54) is 17.8 Å². The molecule has 0 bridgehead atoms. The van der Waals surface area contributed by atoms with E-state index in [9.17, 15) is 4.39 Å². The molecule has 23 heavy (non-hydrogen) atoms. The molecule has 4 aromatic rings. The van der Waals surface area contributed by atoms with Gasteiger partial charge in [0.15, 0.2) is 0 Å². The summed E-state index contributed by atoms with van der Waals surface area (Å²) in [5, 5.41) is 1.14. The third kappa shape index (κ3) is 2.18. The molecule has 114 valence electrons. The number of rotatable bonds is 2. The van der Waals surface area contributed by atoms with Gasteiger partial charge in [-0.05, 0) is 35.7 Å². The summed E-state index contributed by atoms with van der Waals surface area (Å²) < 4.78 is 20.0. The van der Waals surface area contributed by atoms with Crippen LogP contribution in [0.2, 0.25) is 0 Å². The lowest BCUT2D eigenvalue weighted by molar-refractivity contribution is 0.626. The van der Waals surface area contributed by atoms with E-state index in [2.05, 4.69) is 29.9 Å². The molecule has 0 saturated carbocycles. The molecular weight excluding hydrogens is 291 g/mol. The number of para-hydroxylation sites is 1. The second-order valence-corrected chi connectivity index (χ2v) is 5.89. The summed E-state index contributed by atoms with van der Waals surface area (Å²) in [4.78, 5) is 8.59. The molecular formula is C19H15FN2O. The SMILES string of the molecule is CC(C)c1ccnc(-c2cccc3c2oc2nccc(F)c23)c1. The topological polar surface area (TPSA) is 38.9 Å². The van der Waals surface area contributed by atoms with E-state index in [1.54, 1.807) is 6.20 Å². The molecule has 0 aliphatic heterocycles. The van der Waals surface area contributed by atoms with Crippen LogP contribution in [0, 0.1) is 5.82 Å². The molecule has 0 amide bonds. The van der Waals surface area contributed by atoms with E-state index in [0.717, 1.165) is 16.6 Å². The maximum absolute atomic E-state index is 14.1. The Labute approximate surface area is 132 Å². The molecule has 3 heterocycles. The predicted molar refractivity (Wildman–Crippen MR) is 88.8 cm³/mol. The molecule has 0 unspecified atom stereocenters. The van der Waals surface area contributed by atoms with Crippen LogP contribution in [-0.4, -0.2) is 9.97 Å². The largest absolute Gasteiger partial charge is 0.437 e. The first-order valence-electron chi connectivity index (χ1n) is 7.57. The normalized spacial score (nSPS) is 11.7. The van der Waals surface area contributed by atoms with Gasteiger partial charge in [0.05, 0.1) is 11.1 Å². The van der Waals surface area contributed by atoms with Crippen molar-refractivity contribution >= 4 is 22.1 Å². The number of aromatic nitrogens is 2. The fraction of sp³-hybridized carbons (Fsp3) is 0.158. The lowest BCUT2D eigenvalue weighted by atomic mass is 10.0. The molecule has 4 rings (SSSR count). The number of hydrogen-bond acceptors (Lipinski definition) is 3. The van der Waals surface area contributed by atoms with Crippen LogP contribution in [0.1, 0.15) is 25.3 Å². The average Bonchev–Trinajstić information content (AvgIpc) is 2.94. The number of hydrogen-bond donors (Lipinski definition) is 0. The van der Waals surface area contributed by atoms with Crippen molar-refractivity contribution in [3.05, 3.63) is 60.2 Å². The van der Waals surface area contributed by atoms with E-state index in [0.29, 0.717) is 22.6 Å². The van der Waals surface area contributed by atoms with Crippen molar-refractivity contribution < 1.29 is 8.81 Å². The third-order valence-corrected chi connectivity index (χ3v) is 4.08. The number of fused-ring (bicyclic) bond motifs is 3. The first kappa shape index (κ1) is 13.9. The smallest absolute Gasteiger partial charge is 0.230 e. The van der Waals surface area contributed by atoms with Crippen LogP contribution >= 0.6 is 0 Å². The summed E-state index contributed by atoms with van der Waals surface area (Å²) in [5.41, 5.74) is 3.80. The highest BCUT2D eigenvalue weighted by atomic mass is 19.1. The Morgan fingerprint density at radius 1 is 1.04 bits per heavy atom. The van der Waals surface area contributed by atoms with Gasteiger partial charge in [-0.3, -0.25) is 4.98 Å².